The van der Waals surface area contributed by atoms with Gasteiger partial charge in [-0.3, -0.25) is 4.79 Å². The Morgan fingerprint density at radius 2 is 1.66 bits per heavy atom. The molecule has 1 N–H and O–H groups in total. The zero-order valence-corrected chi connectivity index (χ0v) is 16.7. The van der Waals surface area contributed by atoms with E-state index in [0.717, 1.165) is 0 Å². The van der Waals surface area contributed by atoms with Gasteiger partial charge in [0.1, 0.15) is 10.6 Å². The number of anilines is 1. The van der Waals surface area contributed by atoms with Gasteiger partial charge in [-0.1, -0.05) is 43.5 Å². The van der Waals surface area contributed by atoms with Crippen molar-refractivity contribution in [2.75, 3.05) is 5.32 Å². The van der Waals surface area contributed by atoms with Gasteiger partial charge in [0.15, 0.2) is 0 Å². The lowest BCUT2D eigenvalue weighted by molar-refractivity contribution is 0.103. The molecule has 1 heterocycles. The molecular formula is C23H21NO4S. The van der Waals surface area contributed by atoms with E-state index in [2.05, 4.69) is 5.32 Å². The zero-order chi connectivity index (χ0) is 20.0. The summed E-state index contributed by atoms with van der Waals surface area (Å²) >= 11 is 0. The first-order valence-corrected chi connectivity index (χ1v) is 11.4. The Balaban J connectivity index is 1.46. The lowest BCUT2D eigenvalue weighted by Crippen LogP contribution is -2.10. The van der Waals surface area contributed by atoms with E-state index < -0.39 is 10.1 Å². The van der Waals surface area contributed by atoms with Crippen molar-refractivity contribution < 1.29 is 17.4 Å². The first kappa shape index (κ1) is 18.2. The Morgan fingerprint density at radius 1 is 0.897 bits per heavy atom. The molecule has 3 aromatic rings. The van der Waals surface area contributed by atoms with Crippen molar-refractivity contribution >= 4 is 32.5 Å². The van der Waals surface area contributed by atoms with Gasteiger partial charge in [-0.2, -0.15) is 8.42 Å². The summed E-state index contributed by atoms with van der Waals surface area (Å²) in [5.41, 5.74) is 2.34. The molecule has 0 atom stereocenters. The maximum Gasteiger partial charge on any atom is 0.339 e. The molecule has 2 aliphatic rings. The molecule has 5 rings (SSSR count). The van der Waals surface area contributed by atoms with E-state index >= 15 is 0 Å². The number of hydrogen-bond acceptors (Lipinski definition) is 4. The largest absolute Gasteiger partial charge is 0.379 e. The summed E-state index contributed by atoms with van der Waals surface area (Å²) in [5, 5.41) is 3.87. The van der Waals surface area contributed by atoms with E-state index in [1.807, 2.05) is 12.1 Å². The molecule has 1 aliphatic heterocycles. The van der Waals surface area contributed by atoms with Crippen molar-refractivity contribution in [3.63, 3.8) is 0 Å². The van der Waals surface area contributed by atoms with Crippen LogP contribution in [0.15, 0.2) is 59.5 Å². The van der Waals surface area contributed by atoms with E-state index in [-0.39, 0.29) is 10.8 Å². The molecular weight excluding hydrogens is 386 g/mol. The van der Waals surface area contributed by atoms with Gasteiger partial charge in [0, 0.05) is 22.0 Å². The summed E-state index contributed by atoms with van der Waals surface area (Å²) in [5.74, 6) is 0.623. The van der Waals surface area contributed by atoms with Crippen LogP contribution in [0, 0.1) is 0 Å². The Bertz CT molecular complexity index is 1210. The van der Waals surface area contributed by atoms with Gasteiger partial charge in [-0.05, 0) is 54.7 Å². The number of amides is 1. The highest BCUT2D eigenvalue weighted by molar-refractivity contribution is 7.87. The summed E-state index contributed by atoms with van der Waals surface area (Å²) in [6.45, 7) is 0. The Hall–Kier alpha value is -2.86. The van der Waals surface area contributed by atoms with Crippen LogP contribution in [-0.4, -0.2) is 14.3 Å². The van der Waals surface area contributed by atoms with Crippen LogP contribution in [0.4, 0.5) is 5.69 Å². The van der Waals surface area contributed by atoms with E-state index in [1.165, 1.54) is 43.7 Å². The minimum Gasteiger partial charge on any atom is -0.379 e. The summed E-state index contributed by atoms with van der Waals surface area (Å²) < 4.78 is 31.4. The lowest BCUT2D eigenvalue weighted by Gasteiger charge is -2.22. The lowest BCUT2D eigenvalue weighted by atomic mass is 9.84. The molecule has 1 saturated carbocycles. The van der Waals surface area contributed by atoms with Gasteiger partial charge in [0.25, 0.3) is 5.91 Å². The van der Waals surface area contributed by atoms with Crippen molar-refractivity contribution in [1.82, 2.24) is 0 Å². The average molecular weight is 407 g/mol. The van der Waals surface area contributed by atoms with Crippen molar-refractivity contribution in [1.29, 1.82) is 0 Å². The van der Waals surface area contributed by atoms with Crippen LogP contribution in [-0.2, 0) is 10.1 Å². The van der Waals surface area contributed by atoms with Crippen molar-refractivity contribution in [3.8, 4) is 5.75 Å². The molecule has 5 nitrogen and oxygen atoms in total. The van der Waals surface area contributed by atoms with Crippen LogP contribution >= 0.6 is 0 Å². The van der Waals surface area contributed by atoms with Crippen LogP contribution in [0.3, 0.4) is 0 Å². The molecule has 0 saturated heterocycles. The maximum atomic E-state index is 13.0. The minimum atomic E-state index is -4.04. The maximum absolute atomic E-state index is 13.0. The fraction of sp³-hybridized carbons (Fsp3) is 0.261. The number of carbonyl (C=O) groups is 1. The highest BCUT2D eigenvalue weighted by Crippen LogP contribution is 2.38. The van der Waals surface area contributed by atoms with Gasteiger partial charge in [0.2, 0.25) is 0 Å². The van der Waals surface area contributed by atoms with Crippen molar-refractivity contribution in [2.45, 2.75) is 42.9 Å². The molecule has 0 spiro atoms. The fourth-order valence-electron chi connectivity index (χ4n) is 4.48. The second-order valence-corrected chi connectivity index (χ2v) is 9.25. The molecule has 6 heteroatoms. The number of hydrogen-bond donors (Lipinski definition) is 1. The molecule has 0 bridgehead atoms. The number of rotatable bonds is 4. The smallest absolute Gasteiger partial charge is 0.339 e. The number of benzene rings is 3. The summed E-state index contributed by atoms with van der Waals surface area (Å²) in [6, 6.07) is 15.6. The topological polar surface area (TPSA) is 72.5 Å². The van der Waals surface area contributed by atoms with E-state index in [0.29, 0.717) is 33.7 Å². The number of nitrogens with one attached hydrogen (secondary N) is 1. The van der Waals surface area contributed by atoms with Crippen molar-refractivity contribution in [3.05, 3.63) is 65.7 Å². The number of carbonyl (C=O) groups excluding carboxylic acids is 1. The highest BCUT2D eigenvalue weighted by atomic mass is 32.2. The van der Waals surface area contributed by atoms with Crippen LogP contribution in [0.2, 0.25) is 0 Å². The predicted octanol–water partition coefficient (Wildman–Crippen LogP) is 5.22. The van der Waals surface area contributed by atoms with E-state index in [4.69, 9.17) is 4.18 Å². The Kier molecular flexibility index (Phi) is 4.32. The third-order valence-electron chi connectivity index (χ3n) is 5.93. The SMILES string of the molecule is O=C1Nc2ccc(S(=O)(=O)Oc3ccc(C4CCCCC4)cc3)c3cccc1c23. The van der Waals surface area contributed by atoms with Crippen LogP contribution < -0.4 is 9.50 Å². The molecule has 29 heavy (non-hydrogen) atoms. The Labute approximate surface area is 169 Å². The van der Waals surface area contributed by atoms with Crippen molar-refractivity contribution in [2.24, 2.45) is 0 Å². The van der Waals surface area contributed by atoms with Crippen LogP contribution in [0.1, 0.15) is 53.9 Å². The fourth-order valence-corrected chi connectivity index (χ4v) is 5.61. The second kappa shape index (κ2) is 6.88. The van der Waals surface area contributed by atoms with Crippen LogP contribution in [0.25, 0.3) is 10.8 Å². The average Bonchev–Trinajstić information content (AvgIpc) is 3.06. The normalized spacial score (nSPS) is 16.8. The Morgan fingerprint density at radius 3 is 2.41 bits per heavy atom. The zero-order valence-electron chi connectivity index (χ0n) is 15.9. The molecule has 148 valence electrons. The molecule has 1 fully saturated rings. The van der Waals surface area contributed by atoms with Gasteiger partial charge < -0.3 is 9.50 Å². The summed E-state index contributed by atoms with van der Waals surface area (Å²) in [6.07, 6.45) is 6.17. The van der Waals surface area contributed by atoms with Gasteiger partial charge in [-0.25, -0.2) is 0 Å². The third-order valence-corrected chi connectivity index (χ3v) is 7.23. The third kappa shape index (κ3) is 3.17. The summed E-state index contributed by atoms with van der Waals surface area (Å²) in [7, 11) is -4.04. The van der Waals surface area contributed by atoms with Gasteiger partial charge >= 0.3 is 10.1 Å². The van der Waals surface area contributed by atoms with E-state index in [9.17, 15) is 13.2 Å². The minimum absolute atomic E-state index is 0.0611. The molecule has 0 aromatic heterocycles. The van der Waals surface area contributed by atoms with Crippen LogP contribution in [0.5, 0.6) is 5.75 Å². The standard InChI is InChI=1S/C23H21NO4S/c25-23-19-8-4-7-18-21(14-13-20(24-23)22(18)19)29(26,27)28-17-11-9-16(10-12-17)15-5-2-1-3-6-15/h4,7-15H,1-3,5-6H2,(H,24,25). The first-order chi connectivity index (χ1) is 14.0. The molecule has 1 amide bonds. The van der Waals surface area contributed by atoms with Gasteiger partial charge in [0.05, 0.1) is 0 Å². The first-order valence-electron chi connectivity index (χ1n) is 9.94. The molecule has 1 aliphatic carbocycles. The monoisotopic (exact) mass is 407 g/mol. The predicted molar refractivity (Wildman–Crippen MR) is 112 cm³/mol. The highest BCUT2D eigenvalue weighted by Gasteiger charge is 2.27. The molecule has 0 unspecified atom stereocenters. The quantitative estimate of drug-likeness (QED) is 0.602. The molecule has 0 radical (unpaired) electrons. The van der Waals surface area contributed by atoms with Gasteiger partial charge in [-0.15, -0.1) is 0 Å². The summed E-state index contributed by atoms with van der Waals surface area (Å²) in [4.78, 5) is 12.1. The molecule has 3 aromatic carbocycles. The second-order valence-electron chi connectivity index (χ2n) is 7.73. The van der Waals surface area contributed by atoms with E-state index in [1.54, 1.807) is 36.4 Å².